The molecule has 1 aliphatic rings. The zero-order chi connectivity index (χ0) is 15.4. The van der Waals surface area contributed by atoms with Gasteiger partial charge in [0.15, 0.2) is 0 Å². The zero-order valence-corrected chi connectivity index (χ0v) is 13.3. The molecular weight excluding hydrogens is 274 g/mol. The van der Waals surface area contributed by atoms with Crippen LogP contribution in [0.5, 0.6) is 0 Å². The molecule has 4 nitrogen and oxygen atoms in total. The van der Waals surface area contributed by atoms with Gasteiger partial charge in [0.05, 0.1) is 5.69 Å². The molecule has 3 rings (SSSR count). The molecular formula is C18H25N3O. The molecule has 2 heterocycles. The predicted octanol–water partition coefficient (Wildman–Crippen LogP) is 3.21. The number of hydrogen-bond acceptors (Lipinski definition) is 3. The second-order valence-corrected chi connectivity index (χ2v) is 6.37. The molecule has 0 amide bonds. The third-order valence-corrected chi connectivity index (χ3v) is 4.61. The van der Waals surface area contributed by atoms with Gasteiger partial charge in [0.1, 0.15) is 5.65 Å². The summed E-state index contributed by atoms with van der Waals surface area (Å²) in [6.45, 7) is 2.62. The molecule has 0 atom stereocenters. The first-order valence-corrected chi connectivity index (χ1v) is 8.46. The number of nitrogens with one attached hydrogen (secondary N) is 1. The highest BCUT2D eigenvalue weighted by molar-refractivity contribution is 5.40. The van der Waals surface area contributed by atoms with E-state index < -0.39 is 0 Å². The van der Waals surface area contributed by atoms with Gasteiger partial charge < -0.3 is 5.32 Å². The minimum atomic E-state index is 0.0116. The number of rotatable bonds is 3. The molecule has 22 heavy (non-hydrogen) atoms. The smallest absolute Gasteiger partial charge is 0.258 e. The Hall–Kier alpha value is -1.68. The molecule has 2 aromatic heterocycles. The van der Waals surface area contributed by atoms with E-state index in [0.29, 0.717) is 12.6 Å². The Labute approximate surface area is 131 Å². The maximum absolute atomic E-state index is 12.3. The lowest BCUT2D eigenvalue weighted by Gasteiger charge is -2.21. The van der Waals surface area contributed by atoms with Crippen molar-refractivity contribution in [3.05, 3.63) is 46.0 Å². The van der Waals surface area contributed by atoms with Crippen LogP contribution in [0.25, 0.3) is 5.65 Å². The first-order chi connectivity index (χ1) is 10.7. The summed E-state index contributed by atoms with van der Waals surface area (Å²) in [5.41, 5.74) is 2.52. The molecule has 0 spiro atoms. The van der Waals surface area contributed by atoms with Gasteiger partial charge >= 0.3 is 0 Å². The van der Waals surface area contributed by atoms with Crippen LogP contribution in [0.4, 0.5) is 0 Å². The van der Waals surface area contributed by atoms with E-state index in [-0.39, 0.29) is 5.56 Å². The highest BCUT2D eigenvalue weighted by Crippen LogP contribution is 2.17. The SMILES string of the molecule is Cc1cccc2nc(CNC3CCCCCCC3)cc(=O)n12. The van der Waals surface area contributed by atoms with E-state index in [9.17, 15) is 4.79 Å². The molecule has 0 unspecified atom stereocenters. The van der Waals surface area contributed by atoms with Gasteiger partial charge in [-0.1, -0.05) is 38.2 Å². The number of aryl methyl sites for hydroxylation is 1. The van der Waals surface area contributed by atoms with Gasteiger partial charge in [-0.2, -0.15) is 0 Å². The lowest BCUT2D eigenvalue weighted by atomic mass is 9.97. The summed E-state index contributed by atoms with van der Waals surface area (Å²) in [4.78, 5) is 16.9. The van der Waals surface area contributed by atoms with Crippen molar-refractivity contribution in [3.63, 3.8) is 0 Å². The number of pyridine rings is 1. The molecule has 118 valence electrons. The fourth-order valence-electron chi connectivity index (χ4n) is 3.36. The standard InChI is InChI=1S/C18H25N3O/c1-14-8-7-11-17-20-16(12-18(22)21(14)17)13-19-15-9-5-3-2-4-6-10-15/h7-8,11-12,15,19H,2-6,9-10,13H2,1H3. The molecule has 1 fully saturated rings. The summed E-state index contributed by atoms with van der Waals surface area (Å²) in [5.74, 6) is 0. The Bertz CT molecular complexity index is 684. The minimum Gasteiger partial charge on any atom is -0.308 e. The van der Waals surface area contributed by atoms with Gasteiger partial charge in [0.25, 0.3) is 5.56 Å². The van der Waals surface area contributed by atoms with Crippen molar-refractivity contribution in [2.75, 3.05) is 0 Å². The van der Waals surface area contributed by atoms with Crippen molar-refractivity contribution < 1.29 is 0 Å². The monoisotopic (exact) mass is 299 g/mol. The van der Waals surface area contributed by atoms with Crippen molar-refractivity contribution in [2.45, 2.75) is 64.5 Å². The topological polar surface area (TPSA) is 46.4 Å². The molecule has 0 bridgehead atoms. The Morgan fingerprint density at radius 2 is 1.91 bits per heavy atom. The average molecular weight is 299 g/mol. The molecule has 0 aliphatic heterocycles. The van der Waals surface area contributed by atoms with Gasteiger partial charge in [-0.25, -0.2) is 4.98 Å². The third-order valence-electron chi connectivity index (χ3n) is 4.61. The highest BCUT2D eigenvalue weighted by Gasteiger charge is 2.11. The zero-order valence-electron chi connectivity index (χ0n) is 13.3. The lowest BCUT2D eigenvalue weighted by molar-refractivity contribution is 0.387. The number of hydrogen-bond donors (Lipinski definition) is 1. The Morgan fingerprint density at radius 3 is 2.68 bits per heavy atom. The summed E-state index contributed by atoms with van der Waals surface area (Å²) in [5, 5.41) is 3.60. The first-order valence-electron chi connectivity index (χ1n) is 8.46. The summed E-state index contributed by atoms with van der Waals surface area (Å²) < 4.78 is 1.67. The Balaban J connectivity index is 1.72. The van der Waals surface area contributed by atoms with Crippen molar-refractivity contribution in [3.8, 4) is 0 Å². The third kappa shape index (κ3) is 3.55. The summed E-state index contributed by atoms with van der Waals surface area (Å²) in [6.07, 6.45) is 9.20. The van der Waals surface area contributed by atoms with Crippen LogP contribution < -0.4 is 10.9 Å². The minimum absolute atomic E-state index is 0.0116. The number of aromatic nitrogens is 2. The molecule has 2 aromatic rings. The largest absolute Gasteiger partial charge is 0.308 e. The van der Waals surface area contributed by atoms with E-state index in [1.54, 1.807) is 10.5 Å². The number of nitrogens with zero attached hydrogens (tertiary/aromatic N) is 2. The second kappa shape index (κ2) is 7.05. The molecule has 0 aromatic carbocycles. The van der Waals surface area contributed by atoms with Crippen molar-refractivity contribution in [2.24, 2.45) is 0 Å². The van der Waals surface area contributed by atoms with Crippen LogP contribution in [-0.2, 0) is 6.54 Å². The van der Waals surface area contributed by atoms with Crippen LogP contribution in [0.3, 0.4) is 0 Å². The van der Waals surface area contributed by atoms with E-state index in [1.165, 1.54) is 44.9 Å². The van der Waals surface area contributed by atoms with E-state index in [1.807, 2.05) is 25.1 Å². The quantitative estimate of drug-likeness (QED) is 0.946. The second-order valence-electron chi connectivity index (χ2n) is 6.37. The van der Waals surface area contributed by atoms with Gasteiger partial charge in [-0.3, -0.25) is 9.20 Å². The first kappa shape index (κ1) is 15.2. The molecule has 4 heteroatoms. The van der Waals surface area contributed by atoms with Crippen LogP contribution in [0.2, 0.25) is 0 Å². The van der Waals surface area contributed by atoms with Crippen LogP contribution in [-0.4, -0.2) is 15.4 Å². The molecule has 1 N–H and O–H groups in total. The van der Waals surface area contributed by atoms with Crippen LogP contribution in [0.15, 0.2) is 29.1 Å². The van der Waals surface area contributed by atoms with Crippen molar-refractivity contribution in [1.82, 2.24) is 14.7 Å². The predicted molar refractivity (Wildman–Crippen MR) is 89.1 cm³/mol. The van der Waals surface area contributed by atoms with Crippen LogP contribution >= 0.6 is 0 Å². The maximum Gasteiger partial charge on any atom is 0.258 e. The van der Waals surface area contributed by atoms with E-state index in [2.05, 4.69) is 10.3 Å². The average Bonchev–Trinajstić information content (AvgIpc) is 2.46. The van der Waals surface area contributed by atoms with Crippen molar-refractivity contribution >= 4 is 5.65 Å². The van der Waals surface area contributed by atoms with E-state index >= 15 is 0 Å². The van der Waals surface area contributed by atoms with Crippen LogP contribution in [0.1, 0.15) is 56.3 Å². The molecule has 1 saturated carbocycles. The van der Waals surface area contributed by atoms with Gasteiger partial charge in [-0.15, -0.1) is 0 Å². The highest BCUT2D eigenvalue weighted by atomic mass is 16.1. The Morgan fingerprint density at radius 1 is 1.18 bits per heavy atom. The fraction of sp³-hybridized carbons (Fsp3) is 0.556. The lowest BCUT2D eigenvalue weighted by Crippen LogP contribution is -2.30. The summed E-state index contributed by atoms with van der Waals surface area (Å²) in [6, 6.07) is 8.01. The van der Waals surface area contributed by atoms with Gasteiger partial charge in [0.2, 0.25) is 0 Å². The molecule has 0 saturated heterocycles. The Kier molecular flexibility index (Phi) is 4.88. The fourth-order valence-corrected chi connectivity index (χ4v) is 3.36. The molecule has 1 aliphatic carbocycles. The van der Waals surface area contributed by atoms with Crippen LogP contribution in [0, 0.1) is 6.92 Å². The van der Waals surface area contributed by atoms with E-state index in [0.717, 1.165) is 17.0 Å². The maximum atomic E-state index is 12.3. The van der Waals surface area contributed by atoms with Gasteiger partial charge in [-0.05, 0) is 31.9 Å². The summed E-state index contributed by atoms with van der Waals surface area (Å²) in [7, 11) is 0. The normalized spacial score (nSPS) is 17.3. The number of fused-ring (bicyclic) bond motifs is 1. The van der Waals surface area contributed by atoms with Crippen molar-refractivity contribution in [1.29, 1.82) is 0 Å². The molecule has 0 radical (unpaired) electrons. The van der Waals surface area contributed by atoms with E-state index in [4.69, 9.17) is 0 Å². The summed E-state index contributed by atoms with van der Waals surface area (Å²) >= 11 is 0. The van der Waals surface area contributed by atoms with Gasteiger partial charge in [0, 0.05) is 24.3 Å².